The van der Waals surface area contributed by atoms with Gasteiger partial charge < -0.3 is 9.84 Å². The highest BCUT2D eigenvalue weighted by atomic mass is 16.5. The third-order valence-electron chi connectivity index (χ3n) is 2.66. The van der Waals surface area contributed by atoms with Crippen molar-refractivity contribution in [3.8, 4) is 0 Å². The van der Waals surface area contributed by atoms with E-state index in [2.05, 4.69) is 34.6 Å². The zero-order chi connectivity index (χ0) is 11.1. The Bertz CT molecular complexity index is 134. The zero-order valence-electron chi connectivity index (χ0n) is 10.3. The average molecular weight is 202 g/mol. The summed E-state index contributed by atoms with van der Waals surface area (Å²) >= 11 is 0. The van der Waals surface area contributed by atoms with Gasteiger partial charge in [0.2, 0.25) is 0 Å². The normalized spacial score (nSPS) is 18.2. The molecular formula is C12H26O2. The highest BCUT2D eigenvalue weighted by Crippen LogP contribution is 2.11. The summed E-state index contributed by atoms with van der Waals surface area (Å²) in [6.45, 7) is 11.1. The van der Waals surface area contributed by atoms with Crippen LogP contribution < -0.4 is 0 Å². The maximum absolute atomic E-state index is 9.68. The van der Waals surface area contributed by atoms with E-state index in [0.29, 0.717) is 18.4 Å². The van der Waals surface area contributed by atoms with Gasteiger partial charge >= 0.3 is 0 Å². The van der Waals surface area contributed by atoms with Crippen molar-refractivity contribution in [3.63, 3.8) is 0 Å². The van der Waals surface area contributed by atoms with Gasteiger partial charge in [-0.25, -0.2) is 0 Å². The van der Waals surface area contributed by atoms with Crippen LogP contribution in [0.25, 0.3) is 0 Å². The molecule has 86 valence electrons. The molecule has 2 heteroatoms. The first-order valence-corrected chi connectivity index (χ1v) is 5.77. The van der Waals surface area contributed by atoms with E-state index < -0.39 is 0 Å². The number of rotatable bonds is 7. The van der Waals surface area contributed by atoms with Crippen LogP contribution in [0.1, 0.15) is 47.5 Å². The lowest BCUT2D eigenvalue weighted by Gasteiger charge is -2.21. The van der Waals surface area contributed by atoms with Crippen molar-refractivity contribution >= 4 is 0 Å². The van der Waals surface area contributed by atoms with E-state index in [1.807, 2.05) is 0 Å². The Balaban J connectivity index is 3.60. The molecule has 0 bridgehead atoms. The fourth-order valence-corrected chi connectivity index (χ4v) is 1.43. The van der Waals surface area contributed by atoms with Gasteiger partial charge in [-0.15, -0.1) is 0 Å². The van der Waals surface area contributed by atoms with E-state index in [4.69, 9.17) is 4.74 Å². The van der Waals surface area contributed by atoms with Gasteiger partial charge in [-0.05, 0) is 25.2 Å². The molecule has 0 heterocycles. The summed E-state index contributed by atoms with van der Waals surface area (Å²) in [6, 6.07) is 0. The summed E-state index contributed by atoms with van der Waals surface area (Å²) in [4.78, 5) is 0. The van der Waals surface area contributed by atoms with E-state index in [1.54, 1.807) is 0 Å². The topological polar surface area (TPSA) is 29.5 Å². The second-order valence-corrected chi connectivity index (χ2v) is 4.73. The van der Waals surface area contributed by atoms with E-state index in [0.717, 1.165) is 12.8 Å². The molecule has 0 aliphatic carbocycles. The van der Waals surface area contributed by atoms with Crippen LogP contribution in [0.4, 0.5) is 0 Å². The molecule has 0 fully saturated rings. The molecule has 0 aliphatic rings. The Morgan fingerprint density at radius 2 is 1.71 bits per heavy atom. The molecule has 0 radical (unpaired) electrons. The van der Waals surface area contributed by atoms with Crippen molar-refractivity contribution in [3.05, 3.63) is 0 Å². The highest BCUT2D eigenvalue weighted by molar-refractivity contribution is 4.63. The maximum Gasteiger partial charge on any atom is 0.0799 e. The minimum atomic E-state index is -0.311. The third-order valence-corrected chi connectivity index (χ3v) is 2.66. The van der Waals surface area contributed by atoms with E-state index >= 15 is 0 Å². The van der Waals surface area contributed by atoms with Gasteiger partial charge in [0.05, 0.1) is 18.8 Å². The fraction of sp³-hybridized carbons (Fsp3) is 1.00. The Labute approximate surface area is 88.7 Å². The Morgan fingerprint density at radius 3 is 2.14 bits per heavy atom. The van der Waals surface area contributed by atoms with Gasteiger partial charge in [0.25, 0.3) is 0 Å². The maximum atomic E-state index is 9.68. The minimum Gasteiger partial charge on any atom is -0.390 e. The molecule has 0 saturated carbocycles. The van der Waals surface area contributed by atoms with Gasteiger partial charge in [0, 0.05) is 0 Å². The molecule has 0 aliphatic heterocycles. The summed E-state index contributed by atoms with van der Waals surface area (Å²) in [5.74, 6) is 0.993. The predicted molar refractivity (Wildman–Crippen MR) is 60.3 cm³/mol. The van der Waals surface area contributed by atoms with E-state index in [9.17, 15) is 5.11 Å². The number of aliphatic hydroxyl groups is 1. The lowest BCUT2D eigenvalue weighted by molar-refractivity contribution is -0.0285. The molecule has 0 rings (SSSR count). The largest absolute Gasteiger partial charge is 0.390 e. The van der Waals surface area contributed by atoms with E-state index in [-0.39, 0.29) is 12.2 Å². The molecule has 3 unspecified atom stereocenters. The number of aliphatic hydroxyl groups excluding tert-OH is 1. The average Bonchev–Trinajstić information content (AvgIpc) is 2.11. The first-order valence-electron chi connectivity index (χ1n) is 5.77. The molecule has 2 nitrogen and oxygen atoms in total. The summed E-state index contributed by atoms with van der Waals surface area (Å²) in [5, 5.41) is 9.68. The Morgan fingerprint density at radius 1 is 1.14 bits per heavy atom. The van der Waals surface area contributed by atoms with Crippen molar-refractivity contribution in [1.29, 1.82) is 0 Å². The fourth-order valence-electron chi connectivity index (χ4n) is 1.43. The summed E-state index contributed by atoms with van der Waals surface area (Å²) in [5.41, 5.74) is 0. The number of ether oxygens (including phenoxy) is 1. The summed E-state index contributed by atoms with van der Waals surface area (Å²) in [7, 11) is 0. The quantitative estimate of drug-likeness (QED) is 0.688. The molecule has 0 amide bonds. The Hall–Kier alpha value is -0.0800. The van der Waals surface area contributed by atoms with Crippen LogP contribution in [-0.4, -0.2) is 23.9 Å². The monoisotopic (exact) mass is 202 g/mol. The van der Waals surface area contributed by atoms with Gasteiger partial charge in [-0.1, -0.05) is 34.1 Å². The lowest BCUT2D eigenvalue weighted by atomic mass is 10.0. The van der Waals surface area contributed by atoms with E-state index in [1.165, 1.54) is 0 Å². The van der Waals surface area contributed by atoms with Crippen LogP contribution in [-0.2, 0) is 4.74 Å². The smallest absolute Gasteiger partial charge is 0.0799 e. The molecule has 0 aromatic rings. The SMILES string of the molecule is CCC(C)C(O)COC(C)CC(C)C. The predicted octanol–water partition coefficient (Wildman–Crippen LogP) is 2.84. The minimum absolute atomic E-state index is 0.258. The standard InChI is InChI=1S/C12H26O2/c1-6-10(4)12(13)8-14-11(5)7-9(2)3/h9-13H,6-8H2,1-5H3. The third kappa shape index (κ3) is 6.39. The van der Waals surface area contributed by atoms with Crippen LogP contribution in [0.2, 0.25) is 0 Å². The van der Waals surface area contributed by atoms with Crippen molar-refractivity contribution in [2.24, 2.45) is 11.8 Å². The molecule has 0 spiro atoms. The number of hydrogen-bond donors (Lipinski definition) is 1. The van der Waals surface area contributed by atoms with Crippen LogP contribution in [0.3, 0.4) is 0 Å². The Kier molecular flexibility index (Phi) is 7.20. The lowest BCUT2D eigenvalue weighted by Crippen LogP contribution is -2.26. The van der Waals surface area contributed by atoms with Crippen LogP contribution in [0, 0.1) is 11.8 Å². The molecule has 3 atom stereocenters. The van der Waals surface area contributed by atoms with Gasteiger partial charge in [0.15, 0.2) is 0 Å². The first-order chi connectivity index (χ1) is 6.47. The van der Waals surface area contributed by atoms with Crippen molar-refractivity contribution in [1.82, 2.24) is 0 Å². The zero-order valence-corrected chi connectivity index (χ0v) is 10.3. The van der Waals surface area contributed by atoms with Gasteiger partial charge in [-0.2, -0.15) is 0 Å². The van der Waals surface area contributed by atoms with Crippen molar-refractivity contribution in [2.45, 2.75) is 59.7 Å². The van der Waals surface area contributed by atoms with Gasteiger partial charge in [0.1, 0.15) is 0 Å². The van der Waals surface area contributed by atoms with Crippen molar-refractivity contribution < 1.29 is 9.84 Å². The molecule has 14 heavy (non-hydrogen) atoms. The number of hydrogen-bond acceptors (Lipinski definition) is 2. The first kappa shape index (κ1) is 13.9. The second kappa shape index (κ2) is 7.24. The molecule has 0 saturated heterocycles. The van der Waals surface area contributed by atoms with Crippen molar-refractivity contribution in [2.75, 3.05) is 6.61 Å². The van der Waals surface area contributed by atoms with Crippen LogP contribution in [0.15, 0.2) is 0 Å². The molecule has 0 aromatic carbocycles. The second-order valence-electron chi connectivity index (χ2n) is 4.73. The highest BCUT2D eigenvalue weighted by Gasteiger charge is 2.14. The van der Waals surface area contributed by atoms with Gasteiger partial charge in [-0.3, -0.25) is 0 Å². The molecule has 0 aromatic heterocycles. The molecular weight excluding hydrogens is 176 g/mol. The van der Waals surface area contributed by atoms with Crippen LogP contribution >= 0.6 is 0 Å². The summed E-state index contributed by atoms with van der Waals surface area (Å²) in [6.07, 6.45) is 2.01. The summed E-state index contributed by atoms with van der Waals surface area (Å²) < 4.78 is 5.59. The molecule has 1 N–H and O–H groups in total. The van der Waals surface area contributed by atoms with Crippen LogP contribution in [0.5, 0.6) is 0 Å².